The Kier molecular flexibility index (Phi) is 8.02. The van der Waals surface area contributed by atoms with Crippen LogP contribution in [0.2, 0.25) is 0 Å². The number of carbonyl (C=O) groups is 1. The third-order valence-corrected chi connectivity index (χ3v) is 6.66. The van der Waals surface area contributed by atoms with E-state index in [1.807, 2.05) is 35.2 Å². The van der Waals surface area contributed by atoms with Crippen LogP contribution < -0.4 is 4.74 Å². The molecule has 2 aliphatic heterocycles. The minimum Gasteiger partial charge on any atom is -0.491 e. The Morgan fingerprint density at radius 2 is 1.79 bits per heavy atom. The van der Waals surface area contributed by atoms with Gasteiger partial charge in [-0.1, -0.05) is 30.3 Å². The van der Waals surface area contributed by atoms with Gasteiger partial charge in [-0.15, -0.1) is 0 Å². The highest BCUT2D eigenvalue weighted by molar-refractivity contribution is 5.94. The molecule has 0 aromatic heterocycles. The van der Waals surface area contributed by atoms with E-state index >= 15 is 0 Å². The predicted octanol–water partition coefficient (Wildman–Crippen LogP) is 4.64. The van der Waals surface area contributed by atoms with E-state index in [0.29, 0.717) is 38.5 Å². The van der Waals surface area contributed by atoms with Gasteiger partial charge in [0.1, 0.15) is 12.4 Å². The lowest BCUT2D eigenvalue weighted by Crippen LogP contribution is -2.52. The first-order chi connectivity index (χ1) is 16.1. The standard InChI is InChI=1S/C27H35NO5/c1-3-31-24-19-25(21-7-5-4-6-8-21)33-27(20-24)13-15-28(16-14-27)26(29)22-9-11-23(12-10-22)32-18-17-30-2/h4-12,24-25H,3,13-20H2,1-2H3. The first kappa shape index (κ1) is 23.7. The topological polar surface area (TPSA) is 57.2 Å². The third kappa shape index (κ3) is 5.94. The Balaban J connectivity index is 1.38. The fourth-order valence-corrected chi connectivity index (χ4v) is 4.93. The molecule has 2 aromatic carbocycles. The zero-order valence-electron chi connectivity index (χ0n) is 19.7. The monoisotopic (exact) mass is 453 g/mol. The van der Waals surface area contributed by atoms with Crippen LogP contribution in [0.4, 0.5) is 0 Å². The van der Waals surface area contributed by atoms with Crippen molar-refractivity contribution in [1.29, 1.82) is 0 Å². The lowest BCUT2D eigenvalue weighted by Gasteiger charge is -2.48. The number of hydrogen-bond donors (Lipinski definition) is 0. The zero-order valence-corrected chi connectivity index (χ0v) is 19.7. The second-order valence-electron chi connectivity index (χ2n) is 8.88. The second kappa shape index (κ2) is 11.1. The van der Waals surface area contributed by atoms with Gasteiger partial charge in [-0.25, -0.2) is 0 Å². The highest BCUT2D eigenvalue weighted by Crippen LogP contribution is 2.44. The summed E-state index contributed by atoms with van der Waals surface area (Å²) in [5.41, 5.74) is 1.64. The molecule has 178 valence electrons. The van der Waals surface area contributed by atoms with E-state index in [9.17, 15) is 4.79 Å². The SMILES string of the molecule is CCOC1CC(c2ccccc2)OC2(CCN(C(=O)c3ccc(OCCOC)cc3)CC2)C1. The molecular formula is C27H35NO5. The molecule has 2 unspecified atom stereocenters. The summed E-state index contributed by atoms with van der Waals surface area (Å²) in [6.45, 7) is 5.15. The molecule has 2 aromatic rings. The second-order valence-corrected chi connectivity index (χ2v) is 8.88. The van der Waals surface area contributed by atoms with Gasteiger partial charge in [-0.2, -0.15) is 0 Å². The summed E-state index contributed by atoms with van der Waals surface area (Å²) >= 11 is 0. The van der Waals surface area contributed by atoms with Crippen LogP contribution >= 0.6 is 0 Å². The number of hydrogen-bond acceptors (Lipinski definition) is 5. The Morgan fingerprint density at radius 3 is 2.45 bits per heavy atom. The molecule has 2 saturated heterocycles. The number of methoxy groups -OCH3 is 1. The summed E-state index contributed by atoms with van der Waals surface area (Å²) in [5, 5.41) is 0. The number of rotatable bonds is 8. The number of carbonyl (C=O) groups excluding carboxylic acids is 1. The largest absolute Gasteiger partial charge is 0.491 e. The molecule has 0 bridgehead atoms. The zero-order chi connectivity index (χ0) is 23.1. The minimum atomic E-state index is -0.242. The van der Waals surface area contributed by atoms with Gasteiger partial charge in [0.05, 0.1) is 24.4 Å². The van der Waals surface area contributed by atoms with Crippen molar-refractivity contribution in [2.24, 2.45) is 0 Å². The van der Waals surface area contributed by atoms with Crippen LogP contribution in [-0.2, 0) is 14.2 Å². The van der Waals surface area contributed by atoms with Crippen molar-refractivity contribution >= 4 is 5.91 Å². The van der Waals surface area contributed by atoms with Gasteiger partial charge in [-0.05, 0) is 49.6 Å². The molecule has 1 amide bonds. The van der Waals surface area contributed by atoms with Crippen molar-refractivity contribution in [3.8, 4) is 5.75 Å². The number of nitrogens with zero attached hydrogens (tertiary/aromatic N) is 1. The maximum Gasteiger partial charge on any atom is 0.253 e. The van der Waals surface area contributed by atoms with E-state index in [1.54, 1.807) is 7.11 Å². The van der Waals surface area contributed by atoms with Crippen LogP contribution in [0, 0.1) is 0 Å². The van der Waals surface area contributed by atoms with Gasteiger partial charge in [0.25, 0.3) is 5.91 Å². The van der Waals surface area contributed by atoms with Gasteiger partial charge in [0, 0.05) is 45.2 Å². The van der Waals surface area contributed by atoms with Gasteiger partial charge in [-0.3, -0.25) is 4.79 Å². The molecular weight excluding hydrogens is 418 g/mol. The number of benzene rings is 2. The summed E-state index contributed by atoms with van der Waals surface area (Å²) in [5.74, 6) is 0.802. The Morgan fingerprint density at radius 1 is 1.06 bits per heavy atom. The summed E-state index contributed by atoms with van der Waals surface area (Å²) in [7, 11) is 1.64. The van der Waals surface area contributed by atoms with E-state index in [2.05, 4.69) is 31.2 Å². The number of ether oxygens (including phenoxy) is 4. The molecule has 2 fully saturated rings. The quantitative estimate of drug-likeness (QED) is 0.545. The molecule has 2 atom stereocenters. The van der Waals surface area contributed by atoms with Crippen molar-refractivity contribution in [3.63, 3.8) is 0 Å². The molecule has 2 heterocycles. The predicted molar refractivity (Wildman–Crippen MR) is 127 cm³/mol. The normalized spacial score (nSPS) is 22.3. The highest BCUT2D eigenvalue weighted by Gasteiger charge is 2.45. The molecule has 1 spiro atoms. The van der Waals surface area contributed by atoms with Gasteiger partial charge in [0.2, 0.25) is 0 Å². The van der Waals surface area contributed by atoms with E-state index in [-0.39, 0.29) is 23.7 Å². The van der Waals surface area contributed by atoms with E-state index in [1.165, 1.54) is 5.56 Å². The molecule has 33 heavy (non-hydrogen) atoms. The average Bonchev–Trinajstić information content (AvgIpc) is 2.85. The average molecular weight is 454 g/mol. The maximum atomic E-state index is 13.1. The summed E-state index contributed by atoms with van der Waals surface area (Å²) in [4.78, 5) is 15.0. The Labute approximate surface area is 196 Å². The molecule has 0 saturated carbocycles. The van der Waals surface area contributed by atoms with Crippen LogP contribution in [0.25, 0.3) is 0 Å². The van der Waals surface area contributed by atoms with E-state index in [4.69, 9.17) is 18.9 Å². The third-order valence-electron chi connectivity index (χ3n) is 6.66. The molecule has 2 aliphatic rings. The van der Waals surface area contributed by atoms with Crippen LogP contribution in [0.5, 0.6) is 5.75 Å². The lowest BCUT2D eigenvalue weighted by molar-refractivity contribution is -0.190. The molecule has 0 aliphatic carbocycles. The smallest absolute Gasteiger partial charge is 0.253 e. The van der Waals surface area contributed by atoms with Crippen LogP contribution in [0.1, 0.15) is 54.6 Å². The van der Waals surface area contributed by atoms with Crippen molar-refractivity contribution in [3.05, 3.63) is 65.7 Å². The number of likely N-dealkylation sites (tertiary alicyclic amines) is 1. The van der Waals surface area contributed by atoms with Crippen LogP contribution in [0.3, 0.4) is 0 Å². The molecule has 6 nitrogen and oxygen atoms in total. The number of piperidine rings is 1. The van der Waals surface area contributed by atoms with Crippen molar-refractivity contribution < 1.29 is 23.7 Å². The molecule has 4 rings (SSSR count). The fraction of sp³-hybridized carbons (Fsp3) is 0.519. The maximum absolute atomic E-state index is 13.1. The van der Waals surface area contributed by atoms with Gasteiger partial charge < -0.3 is 23.8 Å². The van der Waals surface area contributed by atoms with Crippen molar-refractivity contribution in [2.75, 3.05) is 40.0 Å². The summed E-state index contributed by atoms with van der Waals surface area (Å²) in [6, 6.07) is 17.8. The van der Waals surface area contributed by atoms with Crippen molar-refractivity contribution in [2.45, 2.75) is 50.4 Å². The molecule has 0 radical (unpaired) electrons. The fourth-order valence-electron chi connectivity index (χ4n) is 4.93. The van der Waals surface area contributed by atoms with Crippen LogP contribution in [-0.4, -0.2) is 62.5 Å². The first-order valence-electron chi connectivity index (χ1n) is 12.0. The molecule has 6 heteroatoms. The Bertz CT molecular complexity index is 877. The molecule has 0 N–H and O–H groups in total. The minimum absolute atomic E-state index is 0.0319. The van der Waals surface area contributed by atoms with Crippen molar-refractivity contribution in [1.82, 2.24) is 4.90 Å². The lowest BCUT2D eigenvalue weighted by atomic mass is 9.80. The Hall–Kier alpha value is -2.41. The summed E-state index contributed by atoms with van der Waals surface area (Å²) in [6.07, 6.45) is 3.63. The van der Waals surface area contributed by atoms with E-state index in [0.717, 1.165) is 31.4 Å². The van der Waals surface area contributed by atoms with Crippen LogP contribution in [0.15, 0.2) is 54.6 Å². The van der Waals surface area contributed by atoms with E-state index < -0.39 is 0 Å². The number of amides is 1. The van der Waals surface area contributed by atoms with Gasteiger partial charge >= 0.3 is 0 Å². The first-order valence-corrected chi connectivity index (χ1v) is 12.0. The summed E-state index contributed by atoms with van der Waals surface area (Å²) < 4.78 is 23.4. The highest BCUT2D eigenvalue weighted by atomic mass is 16.5. The van der Waals surface area contributed by atoms with Gasteiger partial charge in [0.15, 0.2) is 0 Å².